The molecule has 6 nitrogen and oxygen atoms in total. The van der Waals surface area contributed by atoms with Crippen LogP contribution in [0.1, 0.15) is 25.7 Å². The highest BCUT2D eigenvalue weighted by atomic mass is 32.2. The van der Waals surface area contributed by atoms with Gasteiger partial charge in [-0.1, -0.05) is 0 Å². The summed E-state index contributed by atoms with van der Waals surface area (Å²) in [6, 6.07) is -0.189. The number of nitrogens with one attached hydrogen (secondary N) is 2. The van der Waals surface area contributed by atoms with Crippen molar-refractivity contribution in [2.75, 3.05) is 24.6 Å². The number of aliphatic carboxylic acids is 1. The molecule has 2 rings (SSSR count). The summed E-state index contributed by atoms with van der Waals surface area (Å²) in [5.74, 6) is 2.02. The maximum Gasteiger partial charge on any atom is 0.332 e. The third-order valence-electron chi connectivity index (χ3n) is 3.77. The van der Waals surface area contributed by atoms with E-state index in [1.807, 2.05) is 11.8 Å². The molecule has 0 aromatic heterocycles. The van der Waals surface area contributed by atoms with Crippen LogP contribution in [0.3, 0.4) is 0 Å². The Morgan fingerprint density at radius 3 is 2.45 bits per heavy atom. The van der Waals surface area contributed by atoms with Gasteiger partial charge in [-0.05, 0) is 43.1 Å². The lowest BCUT2D eigenvalue weighted by atomic mass is 10.0. The third kappa shape index (κ3) is 4.86. The number of urea groups is 1. The second-order valence-corrected chi connectivity index (χ2v) is 6.53. The highest BCUT2D eigenvalue weighted by Gasteiger charge is 2.30. The van der Waals surface area contributed by atoms with Gasteiger partial charge in [-0.3, -0.25) is 0 Å². The van der Waals surface area contributed by atoms with Crippen molar-refractivity contribution in [3.05, 3.63) is 0 Å². The van der Waals surface area contributed by atoms with E-state index in [1.165, 1.54) is 11.5 Å². The van der Waals surface area contributed by atoms with Crippen molar-refractivity contribution in [1.29, 1.82) is 0 Å². The number of rotatable bonds is 5. The molecule has 0 radical (unpaired) electrons. The van der Waals surface area contributed by atoms with Gasteiger partial charge in [0.1, 0.15) is 0 Å². The first kappa shape index (κ1) is 15.4. The topological polar surface area (TPSA) is 87.7 Å². The van der Waals surface area contributed by atoms with E-state index >= 15 is 0 Å². The fourth-order valence-electron chi connectivity index (χ4n) is 2.49. The maximum atomic E-state index is 11.7. The van der Waals surface area contributed by atoms with Gasteiger partial charge < -0.3 is 20.5 Å². The molecule has 2 unspecified atom stereocenters. The first-order chi connectivity index (χ1) is 9.65. The van der Waals surface area contributed by atoms with Crippen LogP contribution in [0.4, 0.5) is 4.79 Å². The minimum atomic E-state index is -0.924. The fraction of sp³-hybridized carbons (Fsp3) is 0.846. The number of hydrogen-bond donors (Lipinski definition) is 3. The quantitative estimate of drug-likeness (QED) is 0.707. The number of hydrogen-bond acceptors (Lipinski definition) is 4. The molecule has 20 heavy (non-hydrogen) atoms. The molecule has 2 amide bonds. The summed E-state index contributed by atoms with van der Waals surface area (Å²) in [6.07, 6.45) is 2.62. The maximum absolute atomic E-state index is 11.7. The van der Waals surface area contributed by atoms with Crippen LogP contribution in [0.15, 0.2) is 0 Å². The monoisotopic (exact) mass is 302 g/mol. The van der Waals surface area contributed by atoms with E-state index in [2.05, 4.69) is 10.6 Å². The van der Waals surface area contributed by atoms with Crippen LogP contribution >= 0.6 is 11.8 Å². The van der Waals surface area contributed by atoms with E-state index in [-0.39, 0.29) is 12.1 Å². The summed E-state index contributed by atoms with van der Waals surface area (Å²) in [4.78, 5) is 22.4. The van der Waals surface area contributed by atoms with E-state index in [0.717, 1.165) is 19.4 Å². The molecule has 2 saturated heterocycles. The zero-order valence-corrected chi connectivity index (χ0v) is 12.3. The van der Waals surface area contributed by atoms with Crippen molar-refractivity contribution < 1.29 is 19.4 Å². The van der Waals surface area contributed by atoms with E-state index in [4.69, 9.17) is 9.84 Å². The van der Waals surface area contributed by atoms with Gasteiger partial charge in [0.15, 0.2) is 6.10 Å². The minimum Gasteiger partial charge on any atom is -0.479 e. The van der Waals surface area contributed by atoms with Gasteiger partial charge in [0.25, 0.3) is 0 Å². The van der Waals surface area contributed by atoms with Gasteiger partial charge in [0.05, 0.1) is 6.10 Å². The first-order valence-corrected chi connectivity index (χ1v) is 8.28. The minimum absolute atomic E-state index is 0.187. The van der Waals surface area contributed by atoms with Gasteiger partial charge >= 0.3 is 12.0 Å². The molecule has 114 valence electrons. The Morgan fingerprint density at radius 1 is 1.10 bits per heavy atom. The summed E-state index contributed by atoms with van der Waals surface area (Å²) < 4.78 is 5.32. The number of carboxylic acids is 1. The van der Waals surface area contributed by atoms with E-state index in [0.29, 0.717) is 25.3 Å². The van der Waals surface area contributed by atoms with Crippen LogP contribution in [0.5, 0.6) is 0 Å². The average Bonchev–Trinajstić information content (AvgIpc) is 2.93. The number of carbonyl (C=O) groups is 2. The molecule has 0 spiro atoms. The van der Waals surface area contributed by atoms with Crippen molar-refractivity contribution in [3.63, 3.8) is 0 Å². The van der Waals surface area contributed by atoms with Gasteiger partial charge in [-0.2, -0.15) is 11.8 Å². The van der Waals surface area contributed by atoms with Gasteiger partial charge in [-0.25, -0.2) is 9.59 Å². The number of amides is 2. The highest BCUT2D eigenvalue weighted by Crippen LogP contribution is 2.22. The SMILES string of the molecule is O=C(NCC1CCSCC1)NCC1CCC(C(=O)O)O1. The predicted molar refractivity (Wildman–Crippen MR) is 77.0 cm³/mol. The van der Waals surface area contributed by atoms with Gasteiger partial charge in [0, 0.05) is 13.1 Å². The molecule has 7 heteroatoms. The van der Waals surface area contributed by atoms with Crippen molar-refractivity contribution in [2.45, 2.75) is 37.9 Å². The average molecular weight is 302 g/mol. The molecule has 0 aromatic carbocycles. The normalized spacial score (nSPS) is 27.2. The molecule has 2 atom stereocenters. The Labute approximate surface area is 123 Å². The van der Waals surface area contributed by atoms with E-state index < -0.39 is 12.1 Å². The second kappa shape index (κ2) is 7.73. The lowest BCUT2D eigenvalue weighted by Gasteiger charge is -2.21. The standard InChI is InChI=1S/C13H22N2O4S/c16-12(17)11-2-1-10(19-11)8-15-13(18)14-7-9-3-5-20-6-4-9/h9-11H,1-8H2,(H,16,17)(H2,14,15,18). The van der Waals surface area contributed by atoms with Gasteiger partial charge in [-0.15, -0.1) is 0 Å². The second-order valence-electron chi connectivity index (χ2n) is 5.31. The van der Waals surface area contributed by atoms with Crippen LogP contribution in [0, 0.1) is 5.92 Å². The Kier molecular flexibility index (Phi) is 5.97. The molecular formula is C13H22N2O4S. The van der Waals surface area contributed by atoms with Crippen molar-refractivity contribution >= 4 is 23.8 Å². The van der Waals surface area contributed by atoms with Crippen molar-refractivity contribution in [3.8, 4) is 0 Å². The predicted octanol–water partition coefficient (Wildman–Crippen LogP) is 1.06. The fourth-order valence-corrected chi connectivity index (χ4v) is 3.70. The number of carboxylic acid groups (broad SMARTS) is 1. The van der Waals surface area contributed by atoms with Crippen LogP contribution in [-0.2, 0) is 9.53 Å². The van der Waals surface area contributed by atoms with Crippen molar-refractivity contribution in [2.24, 2.45) is 5.92 Å². The highest BCUT2D eigenvalue weighted by molar-refractivity contribution is 7.99. The largest absolute Gasteiger partial charge is 0.479 e. The molecule has 2 aliphatic heterocycles. The summed E-state index contributed by atoms with van der Waals surface area (Å²) in [7, 11) is 0. The molecule has 0 aromatic rings. The summed E-state index contributed by atoms with van der Waals surface area (Å²) in [5, 5.41) is 14.4. The van der Waals surface area contributed by atoms with Crippen molar-refractivity contribution in [1.82, 2.24) is 10.6 Å². The molecule has 0 bridgehead atoms. The lowest BCUT2D eigenvalue weighted by molar-refractivity contribution is -0.149. The Hall–Kier alpha value is -0.950. The summed E-state index contributed by atoms with van der Waals surface area (Å²) in [5.41, 5.74) is 0. The molecule has 2 fully saturated rings. The molecule has 2 aliphatic rings. The van der Waals surface area contributed by atoms with Crippen LogP contribution in [-0.4, -0.2) is 53.9 Å². The summed E-state index contributed by atoms with van der Waals surface area (Å²) >= 11 is 1.97. The Balaban J connectivity index is 1.57. The summed E-state index contributed by atoms with van der Waals surface area (Å²) in [6.45, 7) is 1.09. The number of ether oxygens (including phenoxy) is 1. The van der Waals surface area contributed by atoms with Crippen LogP contribution < -0.4 is 10.6 Å². The lowest BCUT2D eigenvalue weighted by Crippen LogP contribution is -2.42. The van der Waals surface area contributed by atoms with E-state index in [9.17, 15) is 9.59 Å². The van der Waals surface area contributed by atoms with Crippen LogP contribution in [0.25, 0.3) is 0 Å². The molecule has 3 N–H and O–H groups in total. The zero-order chi connectivity index (χ0) is 14.4. The Morgan fingerprint density at radius 2 is 1.80 bits per heavy atom. The zero-order valence-electron chi connectivity index (χ0n) is 11.5. The molecule has 2 heterocycles. The first-order valence-electron chi connectivity index (χ1n) is 7.13. The smallest absolute Gasteiger partial charge is 0.332 e. The molecule has 0 aliphatic carbocycles. The molecule has 0 saturated carbocycles. The number of carbonyl (C=O) groups excluding carboxylic acids is 1. The van der Waals surface area contributed by atoms with E-state index in [1.54, 1.807) is 0 Å². The van der Waals surface area contributed by atoms with Crippen LogP contribution in [0.2, 0.25) is 0 Å². The number of thioether (sulfide) groups is 1. The Bertz CT molecular complexity index is 347. The third-order valence-corrected chi connectivity index (χ3v) is 4.81. The van der Waals surface area contributed by atoms with Gasteiger partial charge in [0.2, 0.25) is 0 Å². The molecular weight excluding hydrogens is 280 g/mol.